The molecule has 0 bridgehead atoms. The smallest absolute Gasteiger partial charge is 0.181 e. The van der Waals surface area contributed by atoms with E-state index in [4.69, 9.17) is 16.6 Å². The second-order valence-corrected chi connectivity index (χ2v) is 5.90. The summed E-state index contributed by atoms with van der Waals surface area (Å²) >= 11 is 6.19. The van der Waals surface area contributed by atoms with Crippen molar-refractivity contribution in [2.24, 2.45) is 0 Å². The first-order chi connectivity index (χ1) is 10.3. The average molecular weight is 299 g/mol. The normalized spacial score (nSPS) is 15.9. The Morgan fingerprint density at radius 3 is 2.76 bits per heavy atom. The highest BCUT2D eigenvalue weighted by Crippen LogP contribution is 2.34. The maximum Gasteiger partial charge on any atom is 0.181 e. The predicted molar refractivity (Wildman–Crippen MR) is 82.4 cm³/mol. The quantitative estimate of drug-likeness (QED) is 0.669. The molecule has 0 spiro atoms. The zero-order valence-corrected chi connectivity index (χ0v) is 12.3. The van der Waals surface area contributed by atoms with Crippen molar-refractivity contribution in [3.63, 3.8) is 0 Å². The van der Waals surface area contributed by atoms with Gasteiger partial charge in [-0.1, -0.05) is 30.5 Å². The molecule has 0 aromatic carbocycles. The lowest BCUT2D eigenvalue weighted by Crippen LogP contribution is -2.00. The lowest BCUT2D eigenvalue weighted by atomic mass is 10.0. The molecule has 5 heteroatoms. The van der Waals surface area contributed by atoms with Gasteiger partial charge in [-0.15, -0.1) is 0 Å². The summed E-state index contributed by atoms with van der Waals surface area (Å²) < 4.78 is 1.97. The van der Waals surface area contributed by atoms with Gasteiger partial charge in [0.25, 0.3) is 0 Å². The first-order valence-corrected chi connectivity index (χ1v) is 7.66. The predicted octanol–water partition coefficient (Wildman–Crippen LogP) is 4.10. The van der Waals surface area contributed by atoms with E-state index in [0.29, 0.717) is 16.9 Å². The molecule has 0 aliphatic heterocycles. The standard InChI is InChI=1S/C16H15ClN4/c17-14-9-12(11-5-1-2-6-11)19-16(20-14)13-10-21-8-4-3-7-15(21)18-13/h3-4,7-11H,1-2,5-6H2. The van der Waals surface area contributed by atoms with Crippen molar-refractivity contribution in [3.8, 4) is 11.5 Å². The molecule has 3 heterocycles. The fourth-order valence-electron chi connectivity index (χ4n) is 3.02. The molecular formula is C16H15ClN4. The highest BCUT2D eigenvalue weighted by molar-refractivity contribution is 6.29. The highest BCUT2D eigenvalue weighted by atomic mass is 35.5. The van der Waals surface area contributed by atoms with Crippen LogP contribution in [0.2, 0.25) is 5.15 Å². The van der Waals surface area contributed by atoms with Crippen LogP contribution in [0.15, 0.2) is 36.7 Å². The molecule has 0 atom stereocenters. The summed E-state index contributed by atoms with van der Waals surface area (Å²) in [5.74, 6) is 1.13. The fourth-order valence-corrected chi connectivity index (χ4v) is 3.21. The van der Waals surface area contributed by atoms with E-state index in [9.17, 15) is 0 Å². The number of imidazole rings is 1. The molecule has 21 heavy (non-hydrogen) atoms. The lowest BCUT2D eigenvalue weighted by molar-refractivity contribution is 0.695. The minimum atomic E-state index is 0.499. The molecule has 0 N–H and O–H groups in total. The van der Waals surface area contributed by atoms with Crippen LogP contribution in [-0.4, -0.2) is 19.4 Å². The summed E-state index contributed by atoms with van der Waals surface area (Å²) in [4.78, 5) is 13.6. The van der Waals surface area contributed by atoms with Crippen molar-refractivity contribution < 1.29 is 0 Å². The third kappa shape index (κ3) is 2.40. The largest absolute Gasteiger partial charge is 0.306 e. The van der Waals surface area contributed by atoms with Gasteiger partial charge in [-0.05, 0) is 31.0 Å². The number of rotatable bonds is 2. The van der Waals surface area contributed by atoms with Crippen molar-refractivity contribution in [1.82, 2.24) is 19.4 Å². The summed E-state index contributed by atoms with van der Waals surface area (Å²) in [7, 11) is 0. The molecule has 1 saturated carbocycles. The van der Waals surface area contributed by atoms with Crippen LogP contribution < -0.4 is 0 Å². The van der Waals surface area contributed by atoms with E-state index < -0.39 is 0 Å². The monoisotopic (exact) mass is 298 g/mol. The summed E-state index contributed by atoms with van der Waals surface area (Å²) in [5, 5.41) is 0.499. The first-order valence-electron chi connectivity index (χ1n) is 7.28. The number of halogens is 1. The Morgan fingerprint density at radius 2 is 1.95 bits per heavy atom. The van der Waals surface area contributed by atoms with Crippen molar-refractivity contribution in [1.29, 1.82) is 0 Å². The van der Waals surface area contributed by atoms with E-state index in [2.05, 4.69) is 9.97 Å². The molecule has 3 aromatic rings. The van der Waals surface area contributed by atoms with E-state index >= 15 is 0 Å². The molecule has 0 amide bonds. The van der Waals surface area contributed by atoms with E-state index in [-0.39, 0.29) is 0 Å². The minimum Gasteiger partial charge on any atom is -0.306 e. The fraction of sp³-hybridized carbons (Fsp3) is 0.312. The van der Waals surface area contributed by atoms with Crippen LogP contribution in [0.1, 0.15) is 37.3 Å². The van der Waals surface area contributed by atoms with Crippen LogP contribution in [0.25, 0.3) is 17.2 Å². The molecule has 1 aliphatic rings. The Balaban J connectivity index is 1.79. The molecule has 1 aliphatic carbocycles. The second-order valence-electron chi connectivity index (χ2n) is 5.51. The molecular weight excluding hydrogens is 284 g/mol. The molecule has 106 valence electrons. The maximum absolute atomic E-state index is 6.19. The first kappa shape index (κ1) is 12.8. The van der Waals surface area contributed by atoms with Crippen molar-refractivity contribution >= 4 is 17.2 Å². The Kier molecular flexibility index (Phi) is 3.11. The SMILES string of the molecule is Clc1cc(C2CCCC2)nc(-c2cn3ccccc3n2)n1. The van der Waals surface area contributed by atoms with Crippen molar-refractivity contribution in [2.75, 3.05) is 0 Å². The topological polar surface area (TPSA) is 43.1 Å². The average Bonchev–Trinajstić information content (AvgIpc) is 3.16. The molecule has 0 saturated heterocycles. The van der Waals surface area contributed by atoms with Crippen LogP contribution in [0.3, 0.4) is 0 Å². The molecule has 4 nitrogen and oxygen atoms in total. The number of hydrogen-bond acceptors (Lipinski definition) is 3. The van der Waals surface area contributed by atoms with Gasteiger partial charge in [-0.3, -0.25) is 0 Å². The zero-order valence-electron chi connectivity index (χ0n) is 11.5. The van der Waals surface area contributed by atoms with Crippen molar-refractivity contribution in [2.45, 2.75) is 31.6 Å². The summed E-state index contributed by atoms with van der Waals surface area (Å²) in [6, 6.07) is 7.80. The summed E-state index contributed by atoms with van der Waals surface area (Å²) in [6.45, 7) is 0. The molecule has 3 aromatic heterocycles. The number of pyridine rings is 1. The van der Waals surface area contributed by atoms with Gasteiger partial charge in [0.1, 0.15) is 16.5 Å². The van der Waals surface area contributed by atoms with Crippen LogP contribution in [0.5, 0.6) is 0 Å². The second kappa shape index (κ2) is 5.11. The molecule has 4 rings (SSSR count). The summed E-state index contributed by atoms with van der Waals surface area (Å²) in [6.07, 6.45) is 8.84. The highest BCUT2D eigenvalue weighted by Gasteiger charge is 2.20. The van der Waals surface area contributed by atoms with Gasteiger partial charge in [-0.2, -0.15) is 0 Å². The number of aromatic nitrogens is 4. The van der Waals surface area contributed by atoms with Crippen LogP contribution in [-0.2, 0) is 0 Å². The molecule has 0 unspecified atom stereocenters. The number of hydrogen-bond donors (Lipinski definition) is 0. The summed E-state index contributed by atoms with van der Waals surface area (Å²) in [5.41, 5.74) is 2.71. The maximum atomic E-state index is 6.19. The van der Waals surface area contributed by atoms with E-state index in [1.165, 1.54) is 25.7 Å². The Labute approximate surface area is 127 Å². The van der Waals surface area contributed by atoms with Gasteiger partial charge in [0.2, 0.25) is 0 Å². The van der Waals surface area contributed by atoms with Gasteiger partial charge in [-0.25, -0.2) is 15.0 Å². The Morgan fingerprint density at radius 1 is 1.10 bits per heavy atom. The number of nitrogens with zero attached hydrogens (tertiary/aromatic N) is 4. The Bertz CT molecular complexity index is 757. The molecule has 0 radical (unpaired) electrons. The lowest BCUT2D eigenvalue weighted by Gasteiger charge is -2.09. The third-order valence-electron chi connectivity index (χ3n) is 4.08. The van der Waals surface area contributed by atoms with Crippen molar-refractivity contribution in [3.05, 3.63) is 47.5 Å². The minimum absolute atomic E-state index is 0.499. The Hall–Kier alpha value is -1.94. The van der Waals surface area contributed by atoms with E-state index in [0.717, 1.165) is 17.0 Å². The van der Waals surface area contributed by atoms with Crippen LogP contribution >= 0.6 is 11.6 Å². The van der Waals surface area contributed by atoms with Gasteiger partial charge >= 0.3 is 0 Å². The van der Waals surface area contributed by atoms with E-state index in [1.807, 2.05) is 41.1 Å². The van der Waals surface area contributed by atoms with Crippen LogP contribution in [0.4, 0.5) is 0 Å². The zero-order chi connectivity index (χ0) is 14.2. The van der Waals surface area contributed by atoms with E-state index in [1.54, 1.807) is 0 Å². The number of fused-ring (bicyclic) bond motifs is 1. The van der Waals surface area contributed by atoms with Crippen LogP contribution in [0, 0.1) is 0 Å². The van der Waals surface area contributed by atoms with Gasteiger partial charge in [0.15, 0.2) is 5.82 Å². The third-order valence-corrected chi connectivity index (χ3v) is 4.27. The van der Waals surface area contributed by atoms with Gasteiger partial charge < -0.3 is 4.40 Å². The van der Waals surface area contributed by atoms with Gasteiger partial charge in [0, 0.05) is 24.0 Å². The molecule has 1 fully saturated rings. The van der Waals surface area contributed by atoms with Gasteiger partial charge in [0.05, 0.1) is 0 Å².